The van der Waals surface area contributed by atoms with Gasteiger partial charge in [0.15, 0.2) is 5.78 Å². The maximum Gasteiger partial charge on any atom is 0.253 e. The second kappa shape index (κ2) is 8.76. The third-order valence-corrected chi connectivity index (χ3v) is 6.77. The highest BCUT2D eigenvalue weighted by atomic mass is 16.2. The Morgan fingerprint density at radius 3 is 2.33 bits per heavy atom. The first-order chi connectivity index (χ1) is 14.4. The molecule has 160 valence electrons. The first kappa shape index (κ1) is 20.9. The highest BCUT2D eigenvalue weighted by Gasteiger charge is 2.26. The minimum atomic E-state index is 0.0878. The lowest BCUT2D eigenvalue weighted by Crippen LogP contribution is -2.49. The molecule has 2 fully saturated rings. The van der Waals surface area contributed by atoms with Gasteiger partial charge in [0.25, 0.3) is 5.91 Å². The lowest BCUT2D eigenvalue weighted by Gasteiger charge is -2.34. The van der Waals surface area contributed by atoms with Crippen molar-refractivity contribution in [3.63, 3.8) is 0 Å². The molecule has 0 N–H and O–H groups in total. The predicted octanol–water partition coefficient (Wildman–Crippen LogP) is 4.17. The Kier molecular flexibility index (Phi) is 6.09. The lowest BCUT2D eigenvalue weighted by molar-refractivity contribution is 0.0624. The van der Waals surface area contributed by atoms with Gasteiger partial charge < -0.3 is 9.47 Å². The molecule has 1 aliphatic heterocycles. The molecule has 0 radical (unpaired) electrons. The van der Waals surface area contributed by atoms with Crippen molar-refractivity contribution in [2.75, 3.05) is 32.7 Å². The number of nitrogens with zero attached hydrogens (tertiary/aromatic N) is 3. The summed E-state index contributed by atoms with van der Waals surface area (Å²) < 4.78 is 2.39. The van der Waals surface area contributed by atoms with Crippen LogP contribution >= 0.6 is 0 Å². The minimum Gasteiger partial charge on any atom is -0.345 e. The van der Waals surface area contributed by atoms with Crippen LogP contribution in [-0.4, -0.2) is 58.8 Å². The van der Waals surface area contributed by atoms with Crippen molar-refractivity contribution in [2.45, 2.75) is 52.5 Å². The Morgan fingerprint density at radius 1 is 0.967 bits per heavy atom. The van der Waals surface area contributed by atoms with Gasteiger partial charge in [0, 0.05) is 54.7 Å². The Morgan fingerprint density at radius 2 is 1.67 bits per heavy atom. The molecule has 5 heteroatoms. The van der Waals surface area contributed by atoms with E-state index in [4.69, 9.17) is 0 Å². The molecule has 0 unspecified atom stereocenters. The molecule has 5 nitrogen and oxygen atoms in total. The second-order valence-electron chi connectivity index (χ2n) is 8.95. The van der Waals surface area contributed by atoms with Crippen molar-refractivity contribution in [3.05, 3.63) is 58.4 Å². The molecular weight excluding hydrogens is 374 g/mol. The van der Waals surface area contributed by atoms with Crippen molar-refractivity contribution in [1.82, 2.24) is 14.4 Å². The van der Waals surface area contributed by atoms with Gasteiger partial charge in [-0.3, -0.25) is 14.5 Å². The quantitative estimate of drug-likeness (QED) is 0.699. The molecule has 30 heavy (non-hydrogen) atoms. The highest BCUT2D eigenvalue weighted by Crippen LogP contribution is 2.33. The van der Waals surface area contributed by atoms with E-state index in [1.807, 2.05) is 36.1 Å². The van der Waals surface area contributed by atoms with Crippen LogP contribution in [0.5, 0.6) is 0 Å². The summed E-state index contributed by atoms with van der Waals surface area (Å²) >= 11 is 0. The van der Waals surface area contributed by atoms with Crippen LogP contribution in [0.15, 0.2) is 30.3 Å². The van der Waals surface area contributed by atoms with Gasteiger partial charge in [0.2, 0.25) is 0 Å². The molecule has 0 spiro atoms. The average Bonchev–Trinajstić information content (AvgIpc) is 3.35. The summed E-state index contributed by atoms with van der Waals surface area (Å²) in [4.78, 5) is 29.9. The number of aromatic nitrogens is 1. The maximum atomic E-state index is 13.1. The smallest absolute Gasteiger partial charge is 0.253 e. The summed E-state index contributed by atoms with van der Waals surface area (Å²) in [5.74, 6) is 0.288. The lowest BCUT2D eigenvalue weighted by atomic mass is 10.1. The van der Waals surface area contributed by atoms with Gasteiger partial charge in [-0.25, -0.2) is 0 Å². The summed E-state index contributed by atoms with van der Waals surface area (Å²) in [6, 6.07) is 10.4. The van der Waals surface area contributed by atoms with Gasteiger partial charge in [-0.15, -0.1) is 0 Å². The number of rotatable bonds is 5. The fourth-order valence-corrected chi connectivity index (χ4v) is 5.14. The number of piperazine rings is 1. The fourth-order valence-electron chi connectivity index (χ4n) is 5.14. The van der Waals surface area contributed by atoms with E-state index in [-0.39, 0.29) is 11.7 Å². The van der Waals surface area contributed by atoms with E-state index >= 15 is 0 Å². The standard InChI is InChI=1S/C25H33N3O2/c1-18-7-6-8-21(15-18)25(30)27-13-11-26(12-14-27)17-24(29)23-16-19(2)28(20(23)3)22-9-4-5-10-22/h6-8,15-16,22H,4-5,9-14,17H2,1-3H3. The number of hydrogen-bond donors (Lipinski definition) is 0. The van der Waals surface area contributed by atoms with E-state index in [1.54, 1.807) is 0 Å². The van der Waals surface area contributed by atoms with Crippen molar-refractivity contribution < 1.29 is 9.59 Å². The van der Waals surface area contributed by atoms with Crippen LogP contribution in [0, 0.1) is 20.8 Å². The van der Waals surface area contributed by atoms with Crippen LogP contribution in [0.25, 0.3) is 0 Å². The van der Waals surface area contributed by atoms with Gasteiger partial charge in [-0.05, 0) is 51.8 Å². The maximum absolute atomic E-state index is 13.1. The number of amides is 1. The third kappa shape index (κ3) is 4.22. The first-order valence-corrected chi connectivity index (χ1v) is 11.2. The number of Topliss-reactive ketones (excluding diaryl/α,β-unsaturated/α-hetero) is 1. The molecule has 2 heterocycles. The molecule has 2 aromatic rings. The largest absolute Gasteiger partial charge is 0.345 e. The van der Waals surface area contributed by atoms with E-state index < -0.39 is 0 Å². The van der Waals surface area contributed by atoms with Crippen LogP contribution in [0.4, 0.5) is 0 Å². The number of ketones is 1. The Balaban J connectivity index is 1.36. The summed E-state index contributed by atoms with van der Waals surface area (Å²) in [6.07, 6.45) is 5.02. The number of aryl methyl sites for hydroxylation is 2. The topological polar surface area (TPSA) is 45.6 Å². The van der Waals surface area contributed by atoms with Gasteiger partial charge >= 0.3 is 0 Å². The average molecular weight is 408 g/mol. The van der Waals surface area contributed by atoms with Crippen LogP contribution in [0.3, 0.4) is 0 Å². The molecule has 4 rings (SSSR count). The molecule has 1 saturated carbocycles. The van der Waals surface area contributed by atoms with Crippen LogP contribution in [0.1, 0.15) is 69.4 Å². The number of carbonyl (C=O) groups is 2. The van der Waals surface area contributed by atoms with Crippen LogP contribution < -0.4 is 0 Å². The number of carbonyl (C=O) groups excluding carboxylic acids is 2. The van der Waals surface area contributed by atoms with Crippen molar-refractivity contribution in [2.24, 2.45) is 0 Å². The first-order valence-electron chi connectivity index (χ1n) is 11.2. The zero-order valence-electron chi connectivity index (χ0n) is 18.5. The van der Waals surface area contributed by atoms with Gasteiger partial charge in [0.1, 0.15) is 0 Å². The zero-order valence-corrected chi connectivity index (χ0v) is 18.5. The number of hydrogen-bond acceptors (Lipinski definition) is 3. The molecule has 0 atom stereocenters. The molecule has 2 aliphatic rings. The predicted molar refractivity (Wildman–Crippen MR) is 119 cm³/mol. The van der Waals surface area contributed by atoms with Crippen molar-refractivity contribution >= 4 is 11.7 Å². The molecule has 1 aromatic heterocycles. The molecule has 0 bridgehead atoms. The SMILES string of the molecule is Cc1cccc(C(=O)N2CCN(CC(=O)c3cc(C)n(C4CCCC4)c3C)CC2)c1. The highest BCUT2D eigenvalue weighted by molar-refractivity contribution is 5.99. The van der Waals surface area contributed by atoms with Gasteiger partial charge in [-0.1, -0.05) is 30.5 Å². The Labute approximate surface area is 179 Å². The zero-order chi connectivity index (χ0) is 21.3. The van der Waals surface area contributed by atoms with Crippen LogP contribution in [-0.2, 0) is 0 Å². The van der Waals surface area contributed by atoms with E-state index in [9.17, 15) is 9.59 Å². The van der Waals surface area contributed by atoms with E-state index in [0.717, 1.165) is 35.5 Å². The fraction of sp³-hybridized carbons (Fsp3) is 0.520. The summed E-state index contributed by atoms with van der Waals surface area (Å²) in [6.45, 7) is 9.47. The van der Waals surface area contributed by atoms with Crippen molar-refractivity contribution in [3.8, 4) is 0 Å². The summed E-state index contributed by atoms with van der Waals surface area (Å²) in [7, 11) is 0. The Bertz CT molecular complexity index is 932. The van der Waals surface area contributed by atoms with E-state index in [0.29, 0.717) is 25.7 Å². The van der Waals surface area contributed by atoms with Gasteiger partial charge in [0.05, 0.1) is 6.54 Å². The molecule has 1 amide bonds. The second-order valence-corrected chi connectivity index (χ2v) is 8.95. The van der Waals surface area contributed by atoms with Crippen molar-refractivity contribution in [1.29, 1.82) is 0 Å². The van der Waals surface area contributed by atoms with E-state index in [2.05, 4.69) is 29.4 Å². The van der Waals surface area contributed by atoms with E-state index in [1.165, 1.54) is 31.4 Å². The number of benzene rings is 1. The molecule has 1 aliphatic carbocycles. The Hall–Kier alpha value is -2.40. The summed E-state index contributed by atoms with van der Waals surface area (Å²) in [5, 5.41) is 0. The molecule has 1 saturated heterocycles. The molecular formula is C25H33N3O2. The van der Waals surface area contributed by atoms with Crippen LogP contribution in [0.2, 0.25) is 0 Å². The van der Waals surface area contributed by atoms with Gasteiger partial charge in [-0.2, -0.15) is 0 Å². The summed E-state index contributed by atoms with van der Waals surface area (Å²) in [5.41, 5.74) is 5.05. The molecule has 1 aromatic carbocycles. The third-order valence-electron chi connectivity index (χ3n) is 6.77. The monoisotopic (exact) mass is 407 g/mol. The normalized spacial score (nSPS) is 18.2. The minimum absolute atomic E-state index is 0.0878.